The van der Waals surface area contributed by atoms with Crippen molar-refractivity contribution in [1.29, 1.82) is 0 Å². The highest BCUT2D eigenvalue weighted by atomic mass is 16.6. The number of carbonyl (C=O) groups excluding carboxylic acids is 1. The van der Waals surface area contributed by atoms with Gasteiger partial charge < -0.3 is 19.7 Å². The van der Waals surface area contributed by atoms with Crippen molar-refractivity contribution in [2.45, 2.75) is 18.9 Å². The smallest absolute Gasteiger partial charge is 0.410 e. The Hall–Kier alpha value is -3.87. The summed E-state index contributed by atoms with van der Waals surface area (Å²) < 4.78 is 5.68. The number of benzene rings is 2. The van der Waals surface area contributed by atoms with Gasteiger partial charge in [0.1, 0.15) is 6.61 Å². The molecule has 3 aromatic rings. The van der Waals surface area contributed by atoms with E-state index in [4.69, 9.17) is 4.74 Å². The van der Waals surface area contributed by atoms with Crippen molar-refractivity contribution < 1.29 is 19.4 Å². The highest BCUT2D eigenvalue weighted by molar-refractivity contribution is 5.89. The number of H-pyrrole nitrogens is 1. The van der Waals surface area contributed by atoms with Crippen LogP contribution in [0.4, 0.5) is 4.79 Å². The molecule has 2 N–H and O–H groups in total. The van der Waals surface area contributed by atoms with Crippen molar-refractivity contribution >= 4 is 12.1 Å². The van der Waals surface area contributed by atoms with Crippen LogP contribution >= 0.6 is 0 Å². The Kier molecular flexibility index (Phi) is 4.58. The highest BCUT2D eigenvalue weighted by Crippen LogP contribution is 2.44. The summed E-state index contributed by atoms with van der Waals surface area (Å²) in [5, 5.41) is 9.43. The number of aromatic nitrogens is 1. The third kappa shape index (κ3) is 3.18. The van der Waals surface area contributed by atoms with Crippen LogP contribution in [0.5, 0.6) is 0 Å². The third-order valence-electron chi connectivity index (χ3n) is 6.12. The standard InChI is InChI=1S/C24H20N2O5/c27-22-18-9-10-26(12-20(18)19(11-25-22)23(28)29)24(30)31-13-21-16-7-3-1-5-14(16)15-6-2-4-8-17(15)21/h1-8,11,21H,9-10,12-13H2,(H,25,27)(H,28,29). The van der Waals surface area contributed by atoms with Gasteiger partial charge in [0, 0.05) is 24.2 Å². The number of nitrogens with zero attached hydrogens (tertiary/aromatic N) is 1. The maximum absolute atomic E-state index is 12.8. The summed E-state index contributed by atoms with van der Waals surface area (Å²) in [6.45, 7) is 0.533. The number of rotatable bonds is 3. The van der Waals surface area contributed by atoms with Gasteiger partial charge in [0.25, 0.3) is 5.56 Å². The molecule has 1 aliphatic carbocycles. The number of aromatic carboxylic acids is 1. The van der Waals surface area contributed by atoms with E-state index in [1.807, 2.05) is 24.3 Å². The summed E-state index contributed by atoms with van der Waals surface area (Å²) in [7, 11) is 0. The van der Waals surface area contributed by atoms with Gasteiger partial charge in [-0.25, -0.2) is 9.59 Å². The van der Waals surface area contributed by atoms with E-state index in [2.05, 4.69) is 29.2 Å². The van der Waals surface area contributed by atoms with E-state index in [0.717, 1.165) is 22.3 Å². The van der Waals surface area contributed by atoms with Gasteiger partial charge in [0.15, 0.2) is 0 Å². The van der Waals surface area contributed by atoms with E-state index >= 15 is 0 Å². The Morgan fingerprint density at radius 1 is 1.03 bits per heavy atom. The summed E-state index contributed by atoms with van der Waals surface area (Å²) in [5.41, 5.74) is 5.03. The Bertz CT molecular complexity index is 1220. The zero-order valence-corrected chi connectivity index (χ0v) is 16.6. The molecule has 0 atom stereocenters. The minimum atomic E-state index is -1.14. The SMILES string of the molecule is O=C(O)c1c[nH]c(=O)c2c1CN(C(=O)OCC1c3ccccc3-c3ccccc31)CC2. The number of amides is 1. The molecule has 0 fully saturated rings. The Balaban J connectivity index is 1.35. The van der Waals surface area contributed by atoms with Crippen molar-refractivity contribution in [1.82, 2.24) is 9.88 Å². The second-order valence-corrected chi connectivity index (χ2v) is 7.77. The Morgan fingerprint density at radius 3 is 2.32 bits per heavy atom. The van der Waals surface area contributed by atoms with Gasteiger partial charge in [-0.15, -0.1) is 0 Å². The largest absolute Gasteiger partial charge is 0.478 e. The van der Waals surface area contributed by atoms with Crippen LogP contribution in [0, 0.1) is 0 Å². The zero-order valence-electron chi connectivity index (χ0n) is 16.6. The van der Waals surface area contributed by atoms with Crippen LogP contribution < -0.4 is 5.56 Å². The molecular weight excluding hydrogens is 396 g/mol. The van der Waals surface area contributed by atoms with Gasteiger partial charge >= 0.3 is 12.1 Å². The maximum atomic E-state index is 12.8. The monoisotopic (exact) mass is 416 g/mol. The molecule has 5 rings (SSSR count). The molecule has 31 heavy (non-hydrogen) atoms. The lowest BCUT2D eigenvalue weighted by Crippen LogP contribution is -2.40. The number of fused-ring (bicyclic) bond motifs is 4. The molecule has 0 radical (unpaired) electrons. The normalized spacial score (nSPS) is 14.5. The molecule has 1 aromatic heterocycles. The van der Waals surface area contributed by atoms with Gasteiger partial charge in [-0.05, 0) is 34.2 Å². The van der Waals surface area contributed by atoms with E-state index in [-0.39, 0.29) is 36.6 Å². The number of ether oxygens (including phenoxy) is 1. The van der Waals surface area contributed by atoms with Gasteiger partial charge in [0.05, 0.1) is 12.1 Å². The fourth-order valence-corrected chi connectivity index (χ4v) is 4.61. The molecule has 2 aliphatic rings. The molecule has 1 aliphatic heterocycles. The van der Waals surface area contributed by atoms with Gasteiger partial charge in [0.2, 0.25) is 0 Å². The molecule has 0 spiro atoms. The Labute approximate surface area is 177 Å². The number of carboxylic acids is 1. The number of pyridine rings is 1. The first-order chi connectivity index (χ1) is 15.0. The molecule has 0 bridgehead atoms. The van der Waals surface area contributed by atoms with Crippen molar-refractivity contribution in [3.05, 3.63) is 92.9 Å². The number of carbonyl (C=O) groups is 2. The number of hydrogen-bond acceptors (Lipinski definition) is 4. The average Bonchev–Trinajstić information content (AvgIpc) is 3.11. The molecule has 7 heteroatoms. The molecule has 2 heterocycles. The number of carboxylic acid groups (broad SMARTS) is 1. The van der Waals surface area contributed by atoms with Crippen LogP contribution in [0.25, 0.3) is 11.1 Å². The molecule has 0 unspecified atom stereocenters. The highest BCUT2D eigenvalue weighted by Gasteiger charge is 2.31. The molecule has 0 saturated heterocycles. The molecule has 2 aromatic carbocycles. The van der Waals surface area contributed by atoms with E-state index in [9.17, 15) is 19.5 Å². The minimum absolute atomic E-state index is 0.00532. The van der Waals surface area contributed by atoms with Gasteiger partial charge in [-0.3, -0.25) is 4.79 Å². The van der Waals surface area contributed by atoms with E-state index in [1.165, 1.54) is 11.1 Å². The molecule has 1 amide bonds. The minimum Gasteiger partial charge on any atom is -0.478 e. The molecule has 0 saturated carbocycles. The lowest BCUT2D eigenvalue weighted by molar-refractivity contribution is 0.0688. The first kappa shape index (κ1) is 19.1. The van der Waals surface area contributed by atoms with Gasteiger partial charge in [-0.1, -0.05) is 48.5 Å². The second-order valence-electron chi connectivity index (χ2n) is 7.77. The van der Waals surface area contributed by atoms with Crippen LogP contribution in [-0.4, -0.2) is 40.2 Å². The number of aromatic amines is 1. The van der Waals surface area contributed by atoms with Crippen molar-refractivity contribution in [3.63, 3.8) is 0 Å². The zero-order chi connectivity index (χ0) is 21.5. The van der Waals surface area contributed by atoms with E-state index in [0.29, 0.717) is 17.7 Å². The summed E-state index contributed by atoms with van der Waals surface area (Å²) >= 11 is 0. The fourth-order valence-electron chi connectivity index (χ4n) is 4.61. The van der Waals surface area contributed by atoms with Crippen LogP contribution in [0.1, 0.15) is 38.5 Å². The molecule has 156 valence electrons. The lowest BCUT2D eigenvalue weighted by Gasteiger charge is -2.29. The molecule has 7 nitrogen and oxygen atoms in total. The van der Waals surface area contributed by atoms with Gasteiger partial charge in [-0.2, -0.15) is 0 Å². The van der Waals surface area contributed by atoms with Crippen LogP contribution in [0.15, 0.2) is 59.5 Å². The third-order valence-corrected chi connectivity index (χ3v) is 6.12. The average molecular weight is 416 g/mol. The predicted octanol–water partition coefficient (Wildman–Crippen LogP) is 3.38. The Morgan fingerprint density at radius 2 is 1.68 bits per heavy atom. The maximum Gasteiger partial charge on any atom is 0.410 e. The molecular formula is C24H20N2O5. The first-order valence-corrected chi connectivity index (χ1v) is 10.1. The van der Waals surface area contributed by atoms with Crippen molar-refractivity contribution in [3.8, 4) is 11.1 Å². The van der Waals surface area contributed by atoms with Crippen LogP contribution in [-0.2, 0) is 17.7 Å². The van der Waals surface area contributed by atoms with E-state index in [1.54, 1.807) is 0 Å². The summed E-state index contributed by atoms with van der Waals surface area (Å²) in [6, 6.07) is 16.2. The number of hydrogen-bond donors (Lipinski definition) is 2. The predicted molar refractivity (Wildman–Crippen MR) is 113 cm³/mol. The summed E-state index contributed by atoms with van der Waals surface area (Å²) in [5.74, 6) is -1.19. The number of nitrogens with one attached hydrogen (secondary N) is 1. The van der Waals surface area contributed by atoms with Crippen molar-refractivity contribution in [2.24, 2.45) is 0 Å². The summed E-state index contributed by atoms with van der Waals surface area (Å²) in [4.78, 5) is 40.4. The quantitative estimate of drug-likeness (QED) is 0.682. The van der Waals surface area contributed by atoms with E-state index < -0.39 is 12.1 Å². The second kappa shape index (κ2) is 7.43. The summed E-state index contributed by atoms with van der Waals surface area (Å²) in [6.07, 6.45) is 0.963. The first-order valence-electron chi connectivity index (χ1n) is 10.1. The fraction of sp³-hybridized carbons (Fsp3) is 0.208. The lowest BCUT2D eigenvalue weighted by atomic mass is 9.97. The van der Waals surface area contributed by atoms with Crippen LogP contribution in [0.2, 0.25) is 0 Å². The van der Waals surface area contributed by atoms with Crippen LogP contribution in [0.3, 0.4) is 0 Å². The van der Waals surface area contributed by atoms with Crippen molar-refractivity contribution in [2.75, 3.05) is 13.2 Å². The topological polar surface area (TPSA) is 99.7 Å².